The van der Waals surface area contributed by atoms with Gasteiger partial charge >= 0.3 is 0 Å². The first-order valence-electron chi connectivity index (χ1n) is 8.19. The summed E-state index contributed by atoms with van der Waals surface area (Å²) in [5.41, 5.74) is 6.15. The lowest BCUT2D eigenvalue weighted by Crippen LogP contribution is -2.38. The Morgan fingerprint density at radius 3 is 2.79 bits per heavy atom. The summed E-state index contributed by atoms with van der Waals surface area (Å²) >= 11 is 0. The molecule has 1 heterocycles. The molecular weight excluding hydrogens is 298 g/mol. The number of allylic oxidation sites excluding steroid dienone is 1. The lowest BCUT2D eigenvalue weighted by Gasteiger charge is -2.30. The maximum Gasteiger partial charge on any atom is 0.259 e. The average Bonchev–Trinajstić information content (AvgIpc) is 2.63. The number of benzene rings is 2. The van der Waals surface area contributed by atoms with Crippen LogP contribution in [0.1, 0.15) is 17.5 Å². The molecule has 0 atom stereocenters. The zero-order valence-corrected chi connectivity index (χ0v) is 13.6. The Kier molecular flexibility index (Phi) is 5.40. The van der Waals surface area contributed by atoms with Gasteiger partial charge in [-0.2, -0.15) is 5.10 Å². The molecule has 3 rings (SSSR count). The minimum Gasteiger partial charge on any atom is -0.362 e. The minimum atomic E-state index is -0.101. The number of carbonyl (C=O) groups excluding carboxylic acids is 1. The van der Waals surface area contributed by atoms with Crippen LogP contribution in [-0.2, 0) is 11.2 Å². The van der Waals surface area contributed by atoms with Crippen LogP contribution in [0.3, 0.4) is 0 Å². The number of anilines is 1. The van der Waals surface area contributed by atoms with Gasteiger partial charge in [0.1, 0.15) is 0 Å². The average molecular weight is 319 g/mol. The van der Waals surface area contributed by atoms with Crippen LogP contribution in [0.15, 0.2) is 65.8 Å². The Bertz CT molecular complexity index is 738. The molecule has 0 saturated carbocycles. The molecule has 0 radical (unpaired) electrons. The van der Waals surface area contributed by atoms with Gasteiger partial charge in [-0.1, -0.05) is 54.6 Å². The Morgan fingerprint density at radius 1 is 1.12 bits per heavy atom. The fourth-order valence-electron chi connectivity index (χ4n) is 2.86. The Labute approximate surface area is 142 Å². The Morgan fingerprint density at radius 2 is 1.92 bits per heavy atom. The fourth-order valence-corrected chi connectivity index (χ4v) is 2.86. The van der Waals surface area contributed by atoms with Crippen LogP contribution in [0.4, 0.5) is 5.69 Å². The second-order valence-electron chi connectivity index (χ2n) is 5.74. The summed E-state index contributed by atoms with van der Waals surface area (Å²) in [6.07, 6.45) is 7.50. The van der Waals surface area contributed by atoms with Crippen molar-refractivity contribution in [2.45, 2.75) is 12.8 Å². The molecule has 0 bridgehead atoms. The second kappa shape index (κ2) is 8.11. The summed E-state index contributed by atoms with van der Waals surface area (Å²) in [7, 11) is 0. The standard InChI is InChI=1S/C20H21N3O/c24-20(22-21-14-6-10-17-8-2-1-3-9-17)16-23-15-7-12-18-11-4-5-13-19(18)23/h1-6,8-11,13-14H,7,12,15-16H2,(H,22,24)/b10-6-,21-14-. The van der Waals surface area contributed by atoms with E-state index in [-0.39, 0.29) is 5.91 Å². The maximum absolute atomic E-state index is 12.1. The number of nitrogens with zero attached hydrogens (tertiary/aromatic N) is 2. The first-order valence-corrected chi connectivity index (χ1v) is 8.19. The van der Waals surface area contributed by atoms with Crippen molar-refractivity contribution in [1.82, 2.24) is 5.43 Å². The maximum atomic E-state index is 12.1. The molecule has 4 heteroatoms. The van der Waals surface area contributed by atoms with Gasteiger partial charge in [0.05, 0.1) is 6.54 Å². The van der Waals surface area contributed by atoms with Crippen molar-refractivity contribution in [1.29, 1.82) is 0 Å². The lowest BCUT2D eigenvalue weighted by atomic mass is 10.0. The number of fused-ring (bicyclic) bond motifs is 1. The van der Waals surface area contributed by atoms with Crippen LogP contribution in [0, 0.1) is 0 Å². The fraction of sp³-hybridized carbons (Fsp3) is 0.200. The summed E-state index contributed by atoms with van der Waals surface area (Å²) in [5, 5.41) is 3.97. The van der Waals surface area contributed by atoms with Crippen molar-refractivity contribution in [3.63, 3.8) is 0 Å². The highest BCUT2D eigenvalue weighted by Gasteiger charge is 2.18. The van der Waals surface area contributed by atoms with Crippen LogP contribution >= 0.6 is 0 Å². The van der Waals surface area contributed by atoms with Crippen molar-refractivity contribution < 1.29 is 4.79 Å². The monoisotopic (exact) mass is 319 g/mol. The van der Waals surface area contributed by atoms with Crippen LogP contribution in [0.2, 0.25) is 0 Å². The van der Waals surface area contributed by atoms with E-state index >= 15 is 0 Å². The number of amides is 1. The molecule has 122 valence electrons. The highest BCUT2D eigenvalue weighted by Crippen LogP contribution is 2.26. The van der Waals surface area contributed by atoms with Gasteiger partial charge in [-0.25, -0.2) is 5.43 Å². The van der Waals surface area contributed by atoms with Crippen LogP contribution in [0.5, 0.6) is 0 Å². The van der Waals surface area contributed by atoms with Crippen molar-refractivity contribution >= 4 is 23.9 Å². The van der Waals surface area contributed by atoms with Gasteiger partial charge in [0.25, 0.3) is 5.91 Å². The first-order chi connectivity index (χ1) is 11.8. The molecule has 0 aromatic heterocycles. The van der Waals surface area contributed by atoms with Gasteiger partial charge in [0, 0.05) is 18.4 Å². The van der Waals surface area contributed by atoms with Gasteiger partial charge in [-0.3, -0.25) is 4.79 Å². The van der Waals surface area contributed by atoms with E-state index in [1.807, 2.05) is 54.6 Å². The highest BCUT2D eigenvalue weighted by molar-refractivity contribution is 5.84. The van der Waals surface area contributed by atoms with Crippen molar-refractivity contribution in [2.75, 3.05) is 18.0 Å². The number of hydrogen-bond donors (Lipinski definition) is 1. The summed E-state index contributed by atoms with van der Waals surface area (Å²) in [6.45, 7) is 1.23. The molecule has 2 aromatic rings. The molecule has 4 nitrogen and oxygen atoms in total. The molecule has 0 unspecified atom stereocenters. The van der Waals surface area contributed by atoms with E-state index in [0.717, 1.165) is 30.6 Å². The van der Waals surface area contributed by atoms with Gasteiger partial charge in [-0.05, 0) is 36.1 Å². The molecule has 24 heavy (non-hydrogen) atoms. The first kappa shape index (κ1) is 16.0. The largest absolute Gasteiger partial charge is 0.362 e. The molecule has 1 aliphatic rings. The van der Waals surface area contributed by atoms with Crippen LogP contribution in [-0.4, -0.2) is 25.2 Å². The number of hydrazone groups is 1. The molecule has 2 aromatic carbocycles. The smallest absolute Gasteiger partial charge is 0.259 e. The van der Waals surface area contributed by atoms with Crippen LogP contribution < -0.4 is 10.3 Å². The normalized spacial score (nSPS) is 14.1. The second-order valence-corrected chi connectivity index (χ2v) is 5.74. The molecular formula is C20H21N3O. The number of para-hydroxylation sites is 1. The predicted molar refractivity (Wildman–Crippen MR) is 99.1 cm³/mol. The van der Waals surface area contributed by atoms with E-state index in [9.17, 15) is 4.79 Å². The van der Waals surface area contributed by atoms with E-state index in [1.165, 1.54) is 5.56 Å². The third kappa shape index (κ3) is 4.32. The summed E-state index contributed by atoms with van der Waals surface area (Å²) < 4.78 is 0. The van der Waals surface area contributed by atoms with Gasteiger partial charge < -0.3 is 4.90 Å². The van der Waals surface area contributed by atoms with Crippen molar-refractivity contribution in [3.05, 3.63) is 71.8 Å². The summed E-state index contributed by atoms with van der Waals surface area (Å²) in [4.78, 5) is 14.2. The summed E-state index contributed by atoms with van der Waals surface area (Å²) in [6, 6.07) is 18.2. The molecule has 1 aliphatic heterocycles. The number of rotatable bonds is 5. The van der Waals surface area contributed by atoms with Crippen molar-refractivity contribution in [3.8, 4) is 0 Å². The lowest BCUT2D eigenvalue weighted by molar-refractivity contribution is -0.119. The molecule has 0 aliphatic carbocycles. The SMILES string of the molecule is O=C(CN1CCCc2ccccc21)N/N=C\C=C/c1ccccc1. The topological polar surface area (TPSA) is 44.7 Å². The Balaban J connectivity index is 1.50. The highest BCUT2D eigenvalue weighted by atomic mass is 16.2. The van der Waals surface area contributed by atoms with Crippen molar-refractivity contribution in [2.24, 2.45) is 5.10 Å². The molecule has 0 fully saturated rings. The van der Waals surface area contributed by atoms with Gasteiger partial charge in [-0.15, -0.1) is 0 Å². The minimum absolute atomic E-state index is 0.101. The predicted octanol–water partition coefficient (Wildman–Crippen LogP) is 3.25. The van der Waals surface area contributed by atoms with Gasteiger partial charge in [0.15, 0.2) is 0 Å². The zero-order chi connectivity index (χ0) is 16.6. The Hall–Kier alpha value is -2.88. The number of carbonyl (C=O) groups is 1. The zero-order valence-electron chi connectivity index (χ0n) is 13.6. The van der Waals surface area contributed by atoms with Crippen LogP contribution in [0.25, 0.3) is 6.08 Å². The number of hydrogen-bond acceptors (Lipinski definition) is 3. The summed E-state index contributed by atoms with van der Waals surface area (Å²) in [5.74, 6) is -0.101. The van der Waals surface area contributed by atoms with E-state index in [4.69, 9.17) is 0 Å². The van der Waals surface area contributed by atoms with E-state index in [0.29, 0.717) is 6.54 Å². The third-order valence-electron chi connectivity index (χ3n) is 3.98. The molecule has 0 spiro atoms. The van der Waals surface area contributed by atoms with Gasteiger partial charge in [0.2, 0.25) is 0 Å². The molecule has 1 N–H and O–H groups in total. The molecule has 0 saturated heterocycles. The van der Waals surface area contributed by atoms with E-state index in [1.54, 1.807) is 6.21 Å². The van der Waals surface area contributed by atoms with E-state index in [2.05, 4.69) is 27.6 Å². The third-order valence-corrected chi connectivity index (χ3v) is 3.98. The van der Waals surface area contributed by atoms with E-state index < -0.39 is 0 Å². The number of aryl methyl sites for hydroxylation is 1. The number of nitrogens with one attached hydrogen (secondary N) is 1. The molecule has 1 amide bonds. The quantitative estimate of drug-likeness (QED) is 0.679.